The third-order valence-corrected chi connectivity index (χ3v) is 6.89. The van der Waals surface area contributed by atoms with Crippen molar-refractivity contribution in [1.29, 1.82) is 0 Å². The van der Waals surface area contributed by atoms with Gasteiger partial charge in [0.05, 0.1) is 14.2 Å². The number of amides is 2. The van der Waals surface area contributed by atoms with Gasteiger partial charge in [0.1, 0.15) is 25.8 Å². The first kappa shape index (κ1) is 30.6. The van der Waals surface area contributed by atoms with Crippen molar-refractivity contribution in [3.63, 3.8) is 0 Å². The van der Waals surface area contributed by atoms with Crippen LogP contribution in [-0.2, 0) is 16.1 Å². The number of aromatic nitrogens is 4. The number of benzene rings is 3. The van der Waals surface area contributed by atoms with Crippen molar-refractivity contribution in [3.8, 4) is 34.4 Å². The highest BCUT2D eigenvalue weighted by Crippen LogP contribution is 2.38. The second-order valence-electron chi connectivity index (χ2n) is 11.0. The predicted octanol–water partition coefficient (Wildman–Crippen LogP) is 4.47. The van der Waals surface area contributed by atoms with Crippen LogP contribution < -0.4 is 29.2 Å². The van der Waals surface area contributed by atoms with Crippen LogP contribution in [0.25, 0.3) is 11.4 Å². The highest BCUT2D eigenvalue weighted by atomic mass is 35.5. The molecule has 0 saturated carbocycles. The Bertz CT molecular complexity index is 1650. The monoisotopic (exact) mass is 620 g/mol. The fraction of sp³-hybridized carbons (Fsp3) is 0.323. The molecule has 0 spiro atoms. The van der Waals surface area contributed by atoms with E-state index in [2.05, 4.69) is 20.7 Å². The van der Waals surface area contributed by atoms with E-state index in [1.807, 2.05) is 20.8 Å². The molecule has 1 aliphatic rings. The maximum Gasteiger partial charge on any atom is 0.251 e. The third-order valence-electron chi connectivity index (χ3n) is 6.63. The number of hydrogen-bond acceptors (Lipinski definition) is 9. The molecule has 0 saturated heterocycles. The Morgan fingerprint density at radius 3 is 2.36 bits per heavy atom. The zero-order chi connectivity index (χ0) is 31.4. The number of tetrazole rings is 1. The largest absolute Gasteiger partial charge is 0.493 e. The van der Waals surface area contributed by atoms with Gasteiger partial charge >= 0.3 is 0 Å². The van der Waals surface area contributed by atoms with E-state index in [-0.39, 0.29) is 18.3 Å². The first-order chi connectivity index (χ1) is 21.1. The molecular weight excluding hydrogens is 588 g/mol. The van der Waals surface area contributed by atoms with Crippen LogP contribution in [0.1, 0.15) is 32.4 Å². The van der Waals surface area contributed by atoms with Crippen molar-refractivity contribution < 1.29 is 28.5 Å². The highest BCUT2D eigenvalue weighted by molar-refractivity contribution is 6.30. The molecule has 1 atom stereocenters. The minimum atomic E-state index is -1.07. The van der Waals surface area contributed by atoms with Gasteiger partial charge in [-0.25, -0.2) is 0 Å². The zero-order valence-corrected chi connectivity index (χ0v) is 25.8. The van der Waals surface area contributed by atoms with Crippen LogP contribution in [0.3, 0.4) is 0 Å². The fourth-order valence-electron chi connectivity index (χ4n) is 4.72. The average molecular weight is 621 g/mol. The molecule has 12 nitrogen and oxygen atoms in total. The number of rotatable bonds is 9. The van der Waals surface area contributed by atoms with Crippen LogP contribution >= 0.6 is 11.6 Å². The van der Waals surface area contributed by atoms with Crippen LogP contribution in [0, 0.1) is 0 Å². The van der Waals surface area contributed by atoms with Gasteiger partial charge in [0.15, 0.2) is 23.0 Å². The van der Waals surface area contributed by atoms with Crippen molar-refractivity contribution in [2.45, 2.75) is 38.9 Å². The minimum absolute atomic E-state index is 0.282. The molecule has 5 rings (SSSR count). The number of nitrogens with one attached hydrogen (secondary N) is 1. The van der Waals surface area contributed by atoms with Crippen molar-refractivity contribution in [3.05, 3.63) is 71.2 Å². The molecule has 1 unspecified atom stereocenters. The number of methoxy groups -OCH3 is 2. The molecule has 1 aliphatic heterocycles. The maximum atomic E-state index is 14.2. The van der Waals surface area contributed by atoms with E-state index in [0.717, 1.165) is 0 Å². The summed E-state index contributed by atoms with van der Waals surface area (Å²) in [5.74, 6) is 1.49. The molecule has 0 fully saturated rings. The van der Waals surface area contributed by atoms with Gasteiger partial charge in [-0.05, 0) is 74.0 Å². The van der Waals surface area contributed by atoms with Gasteiger partial charge in [0.25, 0.3) is 5.91 Å². The summed E-state index contributed by atoms with van der Waals surface area (Å²) in [5.41, 5.74) is 1.01. The lowest BCUT2D eigenvalue weighted by Gasteiger charge is -2.34. The van der Waals surface area contributed by atoms with E-state index in [1.165, 1.54) is 16.8 Å². The maximum absolute atomic E-state index is 14.2. The van der Waals surface area contributed by atoms with Crippen LogP contribution in [0.2, 0.25) is 5.02 Å². The molecule has 2 heterocycles. The molecule has 1 aromatic heterocycles. The Labute approximate surface area is 259 Å². The number of carbonyl (C=O) groups excluding carboxylic acids is 2. The Morgan fingerprint density at radius 1 is 0.977 bits per heavy atom. The van der Waals surface area contributed by atoms with Gasteiger partial charge in [-0.2, -0.15) is 4.80 Å². The zero-order valence-electron chi connectivity index (χ0n) is 25.0. The van der Waals surface area contributed by atoms with Gasteiger partial charge < -0.3 is 24.3 Å². The Morgan fingerprint density at radius 2 is 1.68 bits per heavy atom. The molecule has 4 aromatic rings. The van der Waals surface area contributed by atoms with E-state index in [9.17, 15) is 9.59 Å². The highest BCUT2D eigenvalue weighted by Gasteiger charge is 2.35. The van der Waals surface area contributed by atoms with Gasteiger partial charge in [0.2, 0.25) is 11.7 Å². The first-order valence-corrected chi connectivity index (χ1v) is 14.2. The molecule has 3 aromatic carbocycles. The minimum Gasteiger partial charge on any atom is -0.493 e. The normalized spacial score (nSPS) is 13.1. The molecule has 13 heteroatoms. The predicted molar refractivity (Wildman–Crippen MR) is 163 cm³/mol. The van der Waals surface area contributed by atoms with Gasteiger partial charge in [-0.1, -0.05) is 23.7 Å². The number of ether oxygens (including phenoxy) is 4. The summed E-state index contributed by atoms with van der Waals surface area (Å²) >= 11 is 6.18. The SMILES string of the molecule is COc1ccc(-c2nnn(CC(=O)N(c3ccc4c(c3)OCCO4)C(C(=O)NC(C)(C)C)c3ccc(Cl)cc3)n2)cc1OC. The van der Waals surface area contributed by atoms with Gasteiger partial charge in [-0.15, -0.1) is 10.2 Å². The van der Waals surface area contributed by atoms with Crippen LogP contribution in [0.4, 0.5) is 5.69 Å². The summed E-state index contributed by atoms with van der Waals surface area (Å²) in [6, 6.07) is 16.0. The van der Waals surface area contributed by atoms with Crippen LogP contribution in [0.5, 0.6) is 23.0 Å². The summed E-state index contributed by atoms with van der Waals surface area (Å²) in [6.45, 7) is 6.06. The molecule has 0 bridgehead atoms. The molecule has 44 heavy (non-hydrogen) atoms. The lowest BCUT2D eigenvalue weighted by molar-refractivity contribution is -0.128. The summed E-state index contributed by atoms with van der Waals surface area (Å²) in [4.78, 5) is 30.8. The molecule has 230 valence electrons. The summed E-state index contributed by atoms with van der Waals surface area (Å²) in [5, 5.41) is 16.2. The van der Waals surface area contributed by atoms with Crippen molar-refractivity contribution in [1.82, 2.24) is 25.5 Å². The summed E-state index contributed by atoms with van der Waals surface area (Å²) in [6.07, 6.45) is 0. The number of halogens is 1. The van der Waals surface area contributed by atoms with Crippen molar-refractivity contribution in [2.24, 2.45) is 0 Å². The number of fused-ring (bicyclic) bond motifs is 1. The lowest BCUT2D eigenvalue weighted by Crippen LogP contribution is -2.50. The smallest absolute Gasteiger partial charge is 0.251 e. The molecular formula is C31H33ClN6O6. The van der Waals surface area contributed by atoms with Gasteiger partial charge in [-0.3, -0.25) is 14.5 Å². The number of nitrogens with zero attached hydrogens (tertiary/aromatic N) is 5. The van der Waals surface area contributed by atoms with E-state index in [4.69, 9.17) is 30.5 Å². The lowest BCUT2D eigenvalue weighted by atomic mass is 10.0. The van der Waals surface area contributed by atoms with E-state index < -0.39 is 17.5 Å². The topological polar surface area (TPSA) is 130 Å². The number of hydrogen-bond donors (Lipinski definition) is 1. The molecule has 1 N–H and O–H groups in total. The van der Waals surface area contributed by atoms with Crippen molar-refractivity contribution >= 4 is 29.1 Å². The Hall–Kier alpha value is -4.84. The van der Waals surface area contributed by atoms with Gasteiger partial charge in [0, 0.05) is 27.9 Å². The summed E-state index contributed by atoms with van der Waals surface area (Å²) < 4.78 is 22.2. The van der Waals surface area contributed by atoms with Crippen molar-refractivity contribution in [2.75, 3.05) is 32.3 Å². The molecule has 2 amide bonds. The molecule has 0 aliphatic carbocycles. The Kier molecular flexibility index (Phi) is 8.91. The quantitative estimate of drug-likeness (QED) is 0.288. The number of carbonyl (C=O) groups is 2. The number of anilines is 1. The third kappa shape index (κ3) is 6.86. The van der Waals surface area contributed by atoms with Crippen LogP contribution in [0.15, 0.2) is 60.7 Å². The second kappa shape index (κ2) is 12.8. The summed E-state index contributed by atoms with van der Waals surface area (Å²) in [7, 11) is 3.08. The average Bonchev–Trinajstić information content (AvgIpc) is 3.47. The Balaban J connectivity index is 1.54. The van der Waals surface area contributed by atoms with Crippen LogP contribution in [-0.4, -0.2) is 65.0 Å². The van der Waals surface area contributed by atoms with E-state index in [0.29, 0.717) is 58.0 Å². The fourth-order valence-corrected chi connectivity index (χ4v) is 4.84. The van der Waals surface area contributed by atoms with E-state index >= 15 is 0 Å². The first-order valence-electron chi connectivity index (χ1n) is 13.9. The molecule has 0 radical (unpaired) electrons. The standard InChI is InChI=1S/C31H33ClN6O6/c1-31(2,3)33-30(40)28(19-6-9-21(32)10-7-19)38(22-11-13-24-26(17-22)44-15-14-43-24)27(39)18-37-35-29(34-36-37)20-8-12-23(41-4)25(16-20)42-5/h6-13,16-17,28H,14-15,18H2,1-5H3,(H,33,40). The van der Waals surface area contributed by atoms with E-state index in [1.54, 1.807) is 67.8 Å². The second-order valence-corrected chi connectivity index (χ2v) is 11.4.